The highest BCUT2D eigenvalue weighted by molar-refractivity contribution is 5.66. The van der Waals surface area contributed by atoms with Crippen LogP contribution in [0.4, 0.5) is 0 Å². The van der Waals surface area contributed by atoms with Crippen LogP contribution < -0.4 is 5.73 Å². The van der Waals surface area contributed by atoms with Crippen LogP contribution in [0.15, 0.2) is 0 Å². The van der Waals surface area contributed by atoms with Crippen LogP contribution in [0.1, 0.15) is 33.1 Å². The van der Waals surface area contributed by atoms with Gasteiger partial charge >= 0.3 is 5.97 Å². The Balaban J connectivity index is 3.63. The van der Waals surface area contributed by atoms with Gasteiger partial charge in [-0.25, -0.2) is 0 Å². The Hall–Kier alpha value is -0.570. The third kappa shape index (κ3) is 5.85. The predicted octanol–water partition coefficient (Wildman–Crippen LogP) is 1.23. The van der Waals surface area contributed by atoms with Crippen molar-refractivity contribution in [1.82, 2.24) is 0 Å². The van der Waals surface area contributed by atoms with Crippen molar-refractivity contribution in [2.24, 2.45) is 11.1 Å². The van der Waals surface area contributed by atoms with E-state index in [-0.39, 0.29) is 11.8 Å². The van der Waals surface area contributed by atoms with E-state index >= 15 is 0 Å². The first-order chi connectivity index (χ1) is 4.98. The summed E-state index contributed by atoms with van der Waals surface area (Å²) in [6, 6.07) is 0. The van der Waals surface area contributed by atoms with Crippen molar-refractivity contribution in [2.75, 3.05) is 6.54 Å². The minimum atomic E-state index is -0.727. The van der Waals surface area contributed by atoms with Crippen molar-refractivity contribution in [2.45, 2.75) is 33.1 Å². The summed E-state index contributed by atoms with van der Waals surface area (Å²) < 4.78 is 0. The molecule has 3 N–H and O–H groups in total. The number of rotatable bonds is 5. The third-order valence-corrected chi connectivity index (χ3v) is 1.84. The number of nitrogens with two attached hydrogens (primary N) is 1. The molecule has 0 saturated carbocycles. The average Bonchev–Trinajstić information content (AvgIpc) is 1.84. The highest BCUT2D eigenvalue weighted by Crippen LogP contribution is 2.25. The number of carboxylic acids is 1. The molecule has 0 bridgehead atoms. The SMILES string of the molecule is CC(C)(CCN)CCC(=O)O. The first kappa shape index (κ1) is 10.4. The first-order valence-corrected chi connectivity index (χ1v) is 3.90. The molecule has 0 unspecified atom stereocenters. The molecule has 0 radical (unpaired) electrons. The summed E-state index contributed by atoms with van der Waals surface area (Å²) in [6.45, 7) is 4.72. The van der Waals surface area contributed by atoms with Crippen molar-refractivity contribution >= 4 is 5.97 Å². The van der Waals surface area contributed by atoms with E-state index in [9.17, 15) is 4.79 Å². The Morgan fingerprint density at radius 1 is 1.45 bits per heavy atom. The maximum Gasteiger partial charge on any atom is 0.303 e. The zero-order valence-corrected chi connectivity index (χ0v) is 7.26. The van der Waals surface area contributed by atoms with E-state index in [1.54, 1.807) is 0 Å². The van der Waals surface area contributed by atoms with Gasteiger partial charge in [0.25, 0.3) is 0 Å². The van der Waals surface area contributed by atoms with Gasteiger partial charge < -0.3 is 10.8 Å². The second-order valence-corrected chi connectivity index (χ2v) is 3.60. The summed E-state index contributed by atoms with van der Waals surface area (Å²) in [5.41, 5.74) is 5.45. The van der Waals surface area contributed by atoms with Crippen LogP contribution in [0.5, 0.6) is 0 Å². The van der Waals surface area contributed by atoms with Gasteiger partial charge in [-0.1, -0.05) is 13.8 Å². The van der Waals surface area contributed by atoms with Gasteiger partial charge in [-0.3, -0.25) is 4.79 Å². The molecule has 0 fully saturated rings. The number of carbonyl (C=O) groups is 1. The van der Waals surface area contributed by atoms with E-state index in [4.69, 9.17) is 10.8 Å². The number of carboxylic acid groups (broad SMARTS) is 1. The third-order valence-electron chi connectivity index (χ3n) is 1.84. The zero-order chi connectivity index (χ0) is 8.91. The normalized spacial score (nSPS) is 11.5. The quantitative estimate of drug-likeness (QED) is 0.634. The van der Waals surface area contributed by atoms with Crippen LogP contribution in [0, 0.1) is 5.41 Å². The van der Waals surface area contributed by atoms with Crippen LogP contribution in [0.3, 0.4) is 0 Å². The number of hydrogen-bond donors (Lipinski definition) is 2. The van der Waals surface area contributed by atoms with Gasteiger partial charge in [0.2, 0.25) is 0 Å². The van der Waals surface area contributed by atoms with Crippen LogP contribution in [-0.4, -0.2) is 17.6 Å². The van der Waals surface area contributed by atoms with E-state index in [0.29, 0.717) is 13.0 Å². The summed E-state index contributed by atoms with van der Waals surface area (Å²) in [5, 5.41) is 8.41. The van der Waals surface area contributed by atoms with Crippen molar-refractivity contribution in [3.8, 4) is 0 Å². The van der Waals surface area contributed by atoms with Crippen molar-refractivity contribution in [1.29, 1.82) is 0 Å². The Morgan fingerprint density at radius 3 is 2.36 bits per heavy atom. The largest absolute Gasteiger partial charge is 0.481 e. The lowest BCUT2D eigenvalue weighted by atomic mass is 9.84. The molecule has 0 aliphatic heterocycles. The summed E-state index contributed by atoms with van der Waals surface area (Å²) in [6.07, 6.45) is 1.84. The molecule has 3 nitrogen and oxygen atoms in total. The summed E-state index contributed by atoms with van der Waals surface area (Å²) in [5.74, 6) is -0.727. The number of hydrogen-bond acceptors (Lipinski definition) is 2. The van der Waals surface area contributed by atoms with Crippen molar-refractivity contribution in [3.05, 3.63) is 0 Å². The lowest BCUT2D eigenvalue weighted by Crippen LogP contribution is -2.18. The van der Waals surface area contributed by atoms with Gasteiger partial charge in [-0.15, -0.1) is 0 Å². The van der Waals surface area contributed by atoms with E-state index in [2.05, 4.69) is 0 Å². The molecule has 0 atom stereocenters. The molecule has 0 aromatic carbocycles. The first-order valence-electron chi connectivity index (χ1n) is 3.90. The maximum absolute atomic E-state index is 10.2. The molecule has 0 aliphatic carbocycles. The van der Waals surface area contributed by atoms with Crippen molar-refractivity contribution in [3.63, 3.8) is 0 Å². The van der Waals surface area contributed by atoms with E-state index in [1.807, 2.05) is 13.8 Å². The molecule has 0 amide bonds. The second-order valence-electron chi connectivity index (χ2n) is 3.60. The second kappa shape index (κ2) is 4.34. The van der Waals surface area contributed by atoms with Gasteiger partial charge in [-0.2, -0.15) is 0 Å². The molecular formula is C8H17NO2. The number of aliphatic carboxylic acids is 1. The minimum Gasteiger partial charge on any atom is -0.481 e. The molecule has 0 aromatic heterocycles. The van der Waals surface area contributed by atoms with E-state index in [1.165, 1.54) is 0 Å². The van der Waals surface area contributed by atoms with Crippen LogP contribution in [0.25, 0.3) is 0 Å². The van der Waals surface area contributed by atoms with Crippen LogP contribution in [0.2, 0.25) is 0 Å². The van der Waals surface area contributed by atoms with E-state index < -0.39 is 5.97 Å². The summed E-state index contributed by atoms with van der Waals surface area (Å²) in [7, 11) is 0. The lowest BCUT2D eigenvalue weighted by Gasteiger charge is -2.22. The smallest absolute Gasteiger partial charge is 0.303 e. The molecule has 66 valence electrons. The van der Waals surface area contributed by atoms with Crippen LogP contribution in [-0.2, 0) is 4.79 Å². The fourth-order valence-electron chi connectivity index (χ4n) is 0.961. The molecule has 0 heterocycles. The Bertz CT molecular complexity index is 132. The maximum atomic E-state index is 10.2. The van der Waals surface area contributed by atoms with Crippen molar-refractivity contribution < 1.29 is 9.90 Å². The van der Waals surface area contributed by atoms with Gasteiger partial charge in [0.05, 0.1) is 0 Å². The van der Waals surface area contributed by atoms with Gasteiger partial charge in [-0.05, 0) is 24.8 Å². The Kier molecular flexibility index (Phi) is 4.11. The highest BCUT2D eigenvalue weighted by Gasteiger charge is 2.17. The highest BCUT2D eigenvalue weighted by atomic mass is 16.4. The molecule has 11 heavy (non-hydrogen) atoms. The van der Waals surface area contributed by atoms with Gasteiger partial charge in [0, 0.05) is 6.42 Å². The fourth-order valence-corrected chi connectivity index (χ4v) is 0.961. The molecule has 3 heteroatoms. The molecule has 0 rings (SSSR count). The molecular weight excluding hydrogens is 142 g/mol. The minimum absolute atomic E-state index is 0.0765. The fraction of sp³-hybridized carbons (Fsp3) is 0.875. The van der Waals surface area contributed by atoms with Crippen LogP contribution >= 0.6 is 0 Å². The molecule has 0 saturated heterocycles. The monoisotopic (exact) mass is 159 g/mol. The zero-order valence-electron chi connectivity index (χ0n) is 7.26. The topological polar surface area (TPSA) is 63.3 Å². The van der Waals surface area contributed by atoms with Gasteiger partial charge in [0.1, 0.15) is 0 Å². The molecule has 0 aliphatic rings. The summed E-state index contributed by atoms with van der Waals surface area (Å²) >= 11 is 0. The predicted molar refractivity (Wildman–Crippen MR) is 44.3 cm³/mol. The van der Waals surface area contributed by atoms with Gasteiger partial charge in [0.15, 0.2) is 0 Å². The van der Waals surface area contributed by atoms with E-state index in [0.717, 1.165) is 6.42 Å². The summed E-state index contributed by atoms with van der Waals surface area (Å²) in [4.78, 5) is 10.2. The molecule has 0 spiro atoms. The lowest BCUT2D eigenvalue weighted by molar-refractivity contribution is -0.137. The standard InChI is InChI=1S/C8H17NO2/c1-8(2,5-6-9)4-3-7(10)11/h3-6,9H2,1-2H3,(H,10,11). The Labute approximate surface area is 67.6 Å². The molecule has 0 aromatic rings. The Morgan fingerprint density at radius 2 is 2.00 bits per heavy atom. The average molecular weight is 159 g/mol.